The van der Waals surface area contributed by atoms with Gasteiger partial charge in [-0.1, -0.05) is 83.9 Å². The normalized spacial score (nSPS) is 28.6. The van der Waals surface area contributed by atoms with Gasteiger partial charge in [-0.2, -0.15) is 0 Å². The number of imide groups is 1. The summed E-state index contributed by atoms with van der Waals surface area (Å²) in [6.45, 7) is -0.240. The minimum absolute atomic E-state index is 0.109. The summed E-state index contributed by atoms with van der Waals surface area (Å²) in [5.41, 5.74) is 1.03. The van der Waals surface area contributed by atoms with Gasteiger partial charge in [0.15, 0.2) is 11.6 Å². The van der Waals surface area contributed by atoms with Gasteiger partial charge in [-0.3, -0.25) is 28.9 Å². The molecule has 9 heteroatoms. The van der Waals surface area contributed by atoms with Crippen LogP contribution in [0.5, 0.6) is 5.75 Å². The van der Waals surface area contributed by atoms with Gasteiger partial charge in [0.25, 0.3) is 0 Å². The number of rotatable bonds is 6. The molecule has 4 aliphatic rings. The molecule has 0 radical (unpaired) electrons. The number of halogens is 1. The van der Waals surface area contributed by atoms with Crippen LogP contribution >= 0.6 is 11.6 Å². The van der Waals surface area contributed by atoms with Crippen molar-refractivity contribution in [2.24, 2.45) is 23.7 Å². The van der Waals surface area contributed by atoms with Gasteiger partial charge in [0.1, 0.15) is 5.75 Å². The Balaban J connectivity index is 1.48. The first-order valence-electron chi connectivity index (χ1n) is 15.3. The van der Waals surface area contributed by atoms with Crippen molar-refractivity contribution in [2.75, 3.05) is 6.54 Å². The van der Waals surface area contributed by atoms with Gasteiger partial charge < -0.3 is 10.2 Å². The Morgan fingerprint density at radius 2 is 1.61 bits per heavy atom. The molecule has 3 aliphatic carbocycles. The number of aromatic hydroxyl groups is 1. The average molecular weight is 636 g/mol. The standard InChI is InChI=1S/C37H30ClNO7/c38-22-11-14-29(40)27(17-22)33-23-12-13-24-32(36(46)39(35(24)45)16-15-31(42)43)26(23)18-28-34(44)25(20-7-3-1-4-8-20)19-30(41)37(28,33)21-9-5-2-6-10-21/h1-12,14,17,19,24,26,28,32-33,40H,13,15-16,18H2,(H,42,43)/t24-,26+,28-,32-,33+,37-/m0/s1. The van der Waals surface area contributed by atoms with Crippen LogP contribution in [0.1, 0.15) is 41.9 Å². The number of phenols is 1. The van der Waals surface area contributed by atoms with Crippen molar-refractivity contribution in [3.63, 3.8) is 0 Å². The molecule has 7 rings (SSSR count). The summed E-state index contributed by atoms with van der Waals surface area (Å²) in [4.78, 5) is 69.6. The molecular formula is C37H30ClNO7. The highest BCUT2D eigenvalue weighted by Crippen LogP contribution is 2.64. The van der Waals surface area contributed by atoms with Crippen LogP contribution in [0.4, 0.5) is 0 Å². The van der Waals surface area contributed by atoms with Crippen molar-refractivity contribution in [1.82, 2.24) is 4.90 Å². The number of hydrogen-bond acceptors (Lipinski definition) is 6. The first kappa shape index (κ1) is 29.9. The van der Waals surface area contributed by atoms with Crippen LogP contribution in [0.15, 0.2) is 96.6 Å². The van der Waals surface area contributed by atoms with Crippen molar-refractivity contribution in [3.05, 3.63) is 118 Å². The highest BCUT2D eigenvalue weighted by atomic mass is 35.5. The number of ketones is 2. The second kappa shape index (κ2) is 11.2. The molecule has 1 aliphatic heterocycles. The van der Waals surface area contributed by atoms with E-state index in [9.17, 15) is 34.2 Å². The molecular weight excluding hydrogens is 606 g/mol. The van der Waals surface area contributed by atoms with Crippen LogP contribution in [0.3, 0.4) is 0 Å². The highest BCUT2D eigenvalue weighted by Gasteiger charge is 2.66. The number of phenolic OH excluding ortho intramolecular Hbond substituents is 1. The van der Waals surface area contributed by atoms with Gasteiger partial charge >= 0.3 is 5.97 Å². The molecule has 2 amide bonds. The van der Waals surface area contributed by atoms with Crippen molar-refractivity contribution < 1.29 is 34.2 Å². The summed E-state index contributed by atoms with van der Waals surface area (Å²) in [7, 11) is 0. The Hall–Kier alpha value is -4.82. The molecule has 0 spiro atoms. The van der Waals surface area contributed by atoms with E-state index in [1.54, 1.807) is 48.5 Å². The first-order chi connectivity index (χ1) is 22.1. The number of benzene rings is 3. The molecule has 3 aromatic carbocycles. The SMILES string of the molecule is O=C(O)CCN1C(=O)[C@H]2[C@H](CC=C3[C@H]2C[C@H]2C(=O)C(c4ccccc4)=CC(=O)[C@@]2(c2ccccc2)[C@H]3c2cc(Cl)ccc2O)C1=O. The van der Waals surface area contributed by atoms with E-state index in [0.29, 0.717) is 27.3 Å². The summed E-state index contributed by atoms with van der Waals surface area (Å²) in [5, 5.41) is 21.0. The van der Waals surface area contributed by atoms with Crippen molar-refractivity contribution in [2.45, 2.75) is 30.6 Å². The second-order valence-electron chi connectivity index (χ2n) is 12.5. The topological polar surface area (TPSA) is 129 Å². The molecule has 0 unspecified atom stereocenters. The van der Waals surface area contributed by atoms with Crippen LogP contribution in [0, 0.1) is 23.7 Å². The summed E-state index contributed by atoms with van der Waals surface area (Å²) < 4.78 is 0. The van der Waals surface area contributed by atoms with E-state index in [-0.39, 0.29) is 48.7 Å². The van der Waals surface area contributed by atoms with Crippen LogP contribution in [-0.4, -0.2) is 51.0 Å². The Labute approximate surface area is 270 Å². The van der Waals surface area contributed by atoms with Gasteiger partial charge in [-0.15, -0.1) is 0 Å². The third-order valence-electron chi connectivity index (χ3n) is 10.3. The van der Waals surface area contributed by atoms with Crippen molar-refractivity contribution in [3.8, 4) is 5.75 Å². The summed E-state index contributed by atoms with van der Waals surface area (Å²) in [6.07, 6.45) is 3.24. The largest absolute Gasteiger partial charge is 0.508 e. The van der Waals surface area contributed by atoms with Crippen LogP contribution < -0.4 is 0 Å². The highest BCUT2D eigenvalue weighted by molar-refractivity contribution is 6.32. The fourth-order valence-electron chi connectivity index (χ4n) is 8.47. The minimum atomic E-state index is -1.48. The van der Waals surface area contributed by atoms with Gasteiger partial charge in [0.05, 0.1) is 23.7 Å². The minimum Gasteiger partial charge on any atom is -0.508 e. The molecule has 2 N–H and O–H groups in total. The molecule has 1 saturated carbocycles. The van der Waals surface area contributed by atoms with Crippen LogP contribution in [0.2, 0.25) is 5.02 Å². The number of hydrogen-bond donors (Lipinski definition) is 2. The Morgan fingerprint density at radius 3 is 2.30 bits per heavy atom. The summed E-state index contributed by atoms with van der Waals surface area (Å²) in [6, 6.07) is 22.6. The smallest absolute Gasteiger partial charge is 0.305 e. The van der Waals surface area contributed by atoms with E-state index in [4.69, 9.17) is 11.6 Å². The molecule has 0 bridgehead atoms. The molecule has 3 aromatic rings. The van der Waals surface area contributed by atoms with E-state index < -0.39 is 52.8 Å². The number of likely N-dealkylation sites (tertiary alicyclic amines) is 1. The number of aliphatic carboxylic acids is 1. The van der Waals surface area contributed by atoms with Crippen LogP contribution in [0.25, 0.3) is 5.57 Å². The third-order valence-corrected chi connectivity index (χ3v) is 10.6. The molecule has 232 valence electrons. The zero-order valence-corrected chi connectivity index (χ0v) is 25.4. The lowest BCUT2D eigenvalue weighted by atomic mass is 9.44. The molecule has 6 atom stereocenters. The Morgan fingerprint density at radius 1 is 0.913 bits per heavy atom. The van der Waals surface area contributed by atoms with E-state index >= 15 is 0 Å². The molecule has 1 saturated heterocycles. The van der Waals surface area contributed by atoms with Crippen LogP contribution in [-0.2, 0) is 29.4 Å². The number of fused-ring (bicyclic) bond motifs is 4. The van der Waals surface area contributed by atoms with E-state index in [0.717, 1.165) is 4.90 Å². The number of carbonyl (C=O) groups is 5. The maximum absolute atomic E-state index is 14.9. The van der Waals surface area contributed by atoms with Gasteiger partial charge in [-0.25, -0.2) is 0 Å². The average Bonchev–Trinajstić information content (AvgIpc) is 3.31. The number of Topliss-reactive ketones (excluding diaryl/α,β-unsaturated/α-hetero) is 1. The second-order valence-corrected chi connectivity index (χ2v) is 12.9. The lowest BCUT2D eigenvalue weighted by Gasteiger charge is -2.55. The molecule has 46 heavy (non-hydrogen) atoms. The quantitative estimate of drug-likeness (QED) is 0.276. The molecule has 0 aromatic heterocycles. The number of allylic oxidation sites excluding steroid dienone is 4. The predicted molar refractivity (Wildman–Crippen MR) is 169 cm³/mol. The van der Waals surface area contributed by atoms with Crippen molar-refractivity contribution >= 4 is 46.5 Å². The fourth-order valence-corrected chi connectivity index (χ4v) is 8.65. The third kappa shape index (κ3) is 4.38. The van der Waals surface area contributed by atoms with Gasteiger partial charge in [0.2, 0.25) is 11.8 Å². The van der Waals surface area contributed by atoms with Gasteiger partial charge in [-0.05, 0) is 54.2 Å². The lowest BCUT2D eigenvalue weighted by molar-refractivity contribution is -0.142. The number of nitrogens with zero attached hydrogens (tertiary/aromatic N) is 1. The Bertz CT molecular complexity index is 1870. The molecule has 1 heterocycles. The number of carboxylic acids is 1. The van der Waals surface area contributed by atoms with E-state index in [1.807, 2.05) is 30.3 Å². The fraction of sp³-hybridized carbons (Fsp3) is 0.270. The Kier molecular flexibility index (Phi) is 7.28. The summed E-state index contributed by atoms with van der Waals surface area (Å²) in [5.74, 6) is -6.72. The first-order valence-corrected chi connectivity index (χ1v) is 15.7. The maximum atomic E-state index is 14.9. The van der Waals surface area contributed by atoms with Crippen molar-refractivity contribution in [1.29, 1.82) is 0 Å². The monoisotopic (exact) mass is 635 g/mol. The zero-order chi connectivity index (χ0) is 32.3. The number of carbonyl (C=O) groups excluding carboxylic acids is 4. The van der Waals surface area contributed by atoms with E-state index in [1.165, 1.54) is 12.1 Å². The maximum Gasteiger partial charge on any atom is 0.305 e. The lowest BCUT2D eigenvalue weighted by Crippen LogP contribution is -2.58. The van der Waals surface area contributed by atoms with E-state index in [2.05, 4.69) is 0 Å². The molecule has 8 nitrogen and oxygen atoms in total. The summed E-state index contributed by atoms with van der Waals surface area (Å²) >= 11 is 6.51. The number of carboxylic acid groups (broad SMARTS) is 1. The van der Waals surface area contributed by atoms with Gasteiger partial charge in [0, 0.05) is 34.5 Å². The molecule has 2 fully saturated rings. The predicted octanol–water partition coefficient (Wildman–Crippen LogP) is 5.34. The zero-order valence-electron chi connectivity index (χ0n) is 24.6. The number of amides is 2.